The van der Waals surface area contributed by atoms with Crippen molar-refractivity contribution in [3.63, 3.8) is 0 Å². The molecule has 1 unspecified atom stereocenters. The first kappa shape index (κ1) is 19.6. The van der Waals surface area contributed by atoms with Crippen molar-refractivity contribution in [3.05, 3.63) is 35.9 Å². The SMILES string of the molecule is COCC(C)(NC(=O)CCN(Cc1ccccc1)C(C)=O)C(=O)O. The van der Waals surface area contributed by atoms with Gasteiger partial charge >= 0.3 is 5.97 Å². The van der Waals surface area contributed by atoms with E-state index in [4.69, 9.17) is 4.74 Å². The number of ether oxygens (including phenoxy) is 1. The molecule has 0 radical (unpaired) electrons. The predicted octanol–water partition coefficient (Wildman–Crippen LogP) is 1.03. The maximum Gasteiger partial charge on any atom is 0.331 e. The molecule has 1 aromatic rings. The number of hydrogen-bond donors (Lipinski definition) is 2. The molecule has 0 bridgehead atoms. The Morgan fingerprint density at radius 3 is 2.38 bits per heavy atom. The molecule has 0 aliphatic heterocycles. The van der Waals surface area contributed by atoms with Gasteiger partial charge in [-0.15, -0.1) is 0 Å². The Kier molecular flexibility index (Phi) is 7.38. The van der Waals surface area contributed by atoms with E-state index in [-0.39, 0.29) is 25.5 Å². The van der Waals surface area contributed by atoms with E-state index in [2.05, 4.69) is 5.32 Å². The molecule has 0 aromatic heterocycles. The van der Waals surface area contributed by atoms with Gasteiger partial charge in [0.2, 0.25) is 11.8 Å². The molecule has 0 saturated carbocycles. The first-order chi connectivity index (χ1) is 11.3. The molecular weight excluding hydrogens is 312 g/mol. The number of rotatable bonds is 9. The van der Waals surface area contributed by atoms with E-state index in [0.29, 0.717) is 6.54 Å². The summed E-state index contributed by atoms with van der Waals surface area (Å²) in [4.78, 5) is 36.6. The van der Waals surface area contributed by atoms with E-state index >= 15 is 0 Å². The Balaban J connectivity index is 2.62. The van der Waals surface area contributed by atoms with Gasteiger partial charge in [-0.25, -0.2) is 4.79 Å². The smallest absolute Gasteiger partial charge is 0.331 e. The molecule has 0 fully saturated rings. The number of aliphatic carboxylic acids is 1. The van der Waals surface area contributed by atoms with E-state index in [0.717, 1.165) is 5.56 Å². The number of hydrogen-bond acceptors (Lipinski definition) is 4. The topological polar surface area (TPSA) is 95.9 Å². The number of carboxylic acid groups (broad SMARTS) is 1. The van der Waals surface area contributed by atoms with Crippen molar-refractivity contribution in [1.29, 1.82) is 0 Å². The average molecular weight is 336 g/mol. The molecule has 1 aromatic carbocycles. The van der Waals surface area contributed by atoms with Crippen LogP contribution in [0.3, 0.4) is 0 Å². The van der Waals surface area contributed by atoms with Crippen LogP contribution in [0.1, 0.15) is 25.8 Å². The number of carbonyl (C=O) groups is 3. The van der Waals surface area contributed by atoms with Gasteiger partial charge in [0.05, 0.1) is 6.61 Å². The third-order valence-electron chi connectivity index (χ3n) is 3.59. The van der Waals surface area contributed by atoms with Crippen LogP contribution >= 0.6 is 0 Å². The highest BCUT2D eigenvalue weighted by molar-refractivity contribution is 5.87. The van der Waals surface area contributed by atoms with E-state index in [1.165, 1.54) is 21.0 Å². The first-order valence-corrected chi connectivity index (χ1v) is 7.61. The fraction of sp³-hybridized carbons (Fsp3) is 0.471. The largest absolute Gasteiger partial charge is 0.479 e. The average Bonchev–Trinajstić information content (AvgIpc) is 2.52. The van der Waals surface area contributed by atoms with Crippen LogP contribution in [-0.4, -0.2) is 53.6 Å². The Labute approximate surface area is 141 Å². The van der Waals surface area contributed by atoms with Crippen LogP contribution in [0.15, 0.2) is 30.3 Å². The van der Waals surface area contributed by atoms with Gasteiger partial charge in [-0.2, -0.15) is 0 Å². The van der Waals surface area contributed by atoms with Gasteiger partial charge in [-0.1, -0.05) is 30.3 Å². The number of carboxylic acids is 1. The van der Waals surface area contributed by atoms with E-state index in [9.17, 15) is 19.5 Å². The maximum absolute atomic E-state index is 12.0. The second kappa shape index (κ2) is 9.02. The van der Waals surface area contributed by atoms with Gasteiger partial charge in [0.25, 0.3) is 0 Å². The lowest BCUT2D eigenvalue weighted by atomic mass is 10.0. The van der Waals surface area contributed by atoms with Crippen molar-refractivity contribution in [3.8, 4) is 0 Å². The summed E-state index contributed by atoms with van der Waals surface area (Å²) in [6, 6.07) is 9.44. The molecule has 0 aliphatic carbocycles. The predicted molar refractivity (Wildman–Crippen MR) is 88.2 cm³/mol. The number of benzene rings is 1. The standard InChI is InChI=1S/C17H24N2O5/c1-13(20)19(11-14-7-5-4-6-8-14)10-9-15(21)18-17(2,12-24-3)16(22)23/h4-8H,9-12H2,1-3H3,(H,18,21)(H,22,23). The van der Waals surface area contributed by atoms with E-state index in [1.54, 1.807) is 4.90 Å². The Bertz CT molecular complexity index is 576. The molecule has 24 heavy (non-hydrogen) atoms. The van der Waals surface area contributed by atoms with Crippen LogP contribution in [0.2, 0.25) is 0 Å². The minimum Gasteiger partial charge on any atom is -0.479 e. The zero-order valence-electron chi connectivity index (χ0n) is 14.2. The summed E-state index contributed by atoms with van der Waals surface area (Å²) >= 11 is 0. The molecular formula is C17H24N2O5. The molecule has 0 aliphatic rings. The minimum absolute atomic E-state index is 0.0129. The van der Waals surface area contributed by atoms with Gasteiger partial charge in [0.1, 0.15) is 0 Å². The van der Waals surface area contributed by atoms with Crippen molar-refractivity contribution in [2.24, 2.45) is 0 Å². The summed E-state index contributed by atoms with van der Waals surface area (Å²) < 4.78 is 4.85. The molecule has 7 heteroatoms. The highest BCUT2D eigenvalue weighted by Gasteiger charge is 2.34. The quantitative estimate of drug-likeness (QED) is 0.702. The molecule has 1 rings (SSSR count). The lowest BCUT2D eigenvalue weighted by Crippen LogP contribution is -2.55. The van der Waals surface area contributed by atoms with E-state index < -0.39 is 17.4 Å². The summed E-state index contributed by atoms with van der Waals surface area (Å²) in [7, 11) is 1.37. The van der Waals surface area contributed by atoms with Gasteiger partial charge < -0.3 is 20.1 Å². The van der Waals surface area contributed by atoms with Gasteiger partial charge in [0.15, 0.2) is 5.54 Å². The molecule has 7 nitrogen and oxygen atoms in total. The van der Waals surface area contributed by atoms with Gasteiger partial charge in [-0.3, -0.25) is 9.59 Å². The molecule has 1 atom stereocenters. The number of amides is 2. The zero-order valence-corrected chi connectivity index (χ0v) is 14.2. The monoisotopic (exact) mass is 336 g/mol. The molecule has 0 heterocycles. The second-order valence-corrected chi connectivity index (χ2v) is 5.79. The fourth-order valence-electron chi connectivity index (χ4n) is 2.20. The third-order valence-corrected chi connectivity index (χ3v) is 3.59. The lowest BCUT2D eigenvalue weighted by molar-refractivity contribution is -0.149. The van der Waals surface area contributed by atoms with Crippen LogP contribution < -0.4 is 5.32 Å². The fourth-order valence-corrected chi connectivity index (χ4v) is 2.20. The molecule has 0 saturated heterocycles. The molecule has 132 valence electrons. The molecule has 0 spiro atoms. The highest BCUT2D eigenvalue weighted by atomic mass is 16.5. The van der Waals surface area contributed by atoms with Crippen LogP contribution in [-0.2, 0) is 25.7 Å². The van der Waals surface area contributed by atoms with Gasteiger partial charge in [-0.05, 0) is 12.5 Å². The number of nitrogens with zero attached hydrogens (tertiary/aromatic N) is 1. The second-order valence-electron chi connectivity index (χ2n) is 5.79. The Hall–Kier alpha value is -2.41. The molecule has 2 N–H and O–H groups in total. The number of methoxy groups -OCH3 is 1. The summed E-state index contributed by atoms with van der Waals surface area (Å²) in [6.07, 6.45) is 0.0129. The highest BCUT2D eigenvalue weighted by Crippen LogP contribution is 2.08. The normalized spacial score (nSPS) is 13.0. The van der Waals surface area contributed by atoms with Crippen LogP contribution in [0.4, 0.5) is 0 Å². The Morgan fingerprint density at radius 2 is 1.88 bits per heavy atom. The van der Waals surface area contributed by atoms with Gasteiger partial charge in [0, 0.05) is 33.5 Å². The Morgan fingerprint density at radius 1 is 1.25 bits per heavy atom. The zero-order chi connectivity index (χ0) is 18.2. The third kappa shape index (κ3) is 6.00. The lowest BCUT2D eigenvalue weighted by Gasteiger charge is -2.26. The van der Waals surface area contributed by atoms with Crippen LogP contribution in [0.5, 0.6) is 0 Å². The van der Waals surface area contributed by atoms with Crippen molar-refractivity contribution < 1.29 is 24.2 Å². The summed E-state index contributed by atoms with van der Waals surface area (Å²) in [6.45, 7) is 3.28. The summed E-state index contributed by atoms with van der Waals surface area (Å²) in [5.41, 5.74) is -0.533. The number of carbonyl (C=O) groups excluding carboxylic acids is 2. The summed E-state index contributed by atoms with van der Waals surface area (Å²) in [5.74, 6) is -1.77. The maximum atomic E-state index is 12.0. The van der Waals surface area contributed by atoms with Crippen molar-refractivity contribution >= 4 is 17.8 Å². The van der Waals surface area contributed by atoms with Crippen LogP contribution in [0.25, 0.3) is 0 Å². The molecule has 2 amide bonds. The van der Waals surface area contributed by atoms with E-state index in [1.807, 2.05) is 30.3 Å². The summed E-state index contributed by atoms with van der Waals surface area (Å²) in [5, 5.41) is 11.7. The van der Waals surface area contributed by atoms with Crippen molar-refractivity contribution in [2.75, 3.05) is 20.3 Å². The van der Waals surface area contributed by atoms with Crippen molar-refractivity contribution in [1.82, 2.24) is 10.2 Å². The number of nitrogens with one attached hydrogen (secondary N) is 1. The van der Waals surface area contributed by atoms with Crippen molar-refractivity contribution in [2.45, 2.75) is 32.4 Å². The van der Waals surface area contributed by atoms with Crippen LogP contribution in [0, 0.1) is 0 Å². The first-order valence-electron chi connectivity index (χ1n) is 7.61. The minimum atomic E-state index is -1.49.